The van der Waals surface area contributed by atoms with Crippen molar-refractivity contribution in [1.29, 1.82) is 0 Å². The summed E-state index contributed by atoms with van der Waals surface area (Å²) in [5.41, 5.74) is 0.960. The Kier molecular flexibility index (Phi) is 3.66. The molecule has 5 heteroatoms. The second-order valence-electron chi connectivity index (χ2n) is 3.97. The number of urea groups is 1. The van der Waals surface area contributed by atoms with E-state index in [0.717, 1.165) is 10.5 Å². The highest BCUT2D eigenvalue weighted by molar-refractivity contribution is 5.74. The molecule has 0 radical (unpaired) electrons. The molecular weight excluding hydrogens is 202 g/mol. The van der Waals surface area contributed by atoms with E-state index in [0.29, 0.717) is 13.0 Å². The number of nitrogens with one attached hydrogen (secondary N) is 1. The van der Waals surface area contributed by atoms with Crippen molar-refractivity contribution >= 4 is 6.03 Å². The molecule has 0 saturated carbocycles. The van der Waals surface area contributed by atoms with Gasteiger partial charge in [-0.25, -0.2) is 13.6 Å². The van der Waals surface area contributed by atoms with E-state index >= 15 is 0 Å². The highest BCUT2D eigenvalue weighted by atomic mass is 19.3. The largest absolute Gasteiger partial charge is 0.338 e. The molecule has 0 atom stereocenters. The molecule has 1 fully saturated rings. The lowest BCUT2D eigenvalue weighted by Crippen LogP contribution is -2.40. The van der Waals surface area contributed by atoms with Gasteiger partial charge in [0.05, 0.1) is 6.54 Å². The van der Waals surface area contributed by atoms with Crippen molar-refractivity contribution in [2.75, 3.05) is 19.6 Å². The first-order valence-corrected chi connectivity index (χ1v) is 4.96. The maximum Gasteiger partial charge on any atom is 0.317 e. The van der Waals surface area contributed by atoms with Crippen LogP contribution in [0.25, 0.3) is 0 Å². The molecule has 0 unspecified atom stereocenters. The molecule has 1 aliphatic heterocycles. The zero-order chi connectivity index (χ0) is 11.5. The van der Waals surface area contributed by atoms with Crippen LogP contribution < -0.4 is 5.32 Å². The molecule has 0 aromatic rings. The van der Waals surface area contributed by atoms with E-state index in [4.69, 9.17) is 0 Å². The van der Waals surface area contributed by atoms with E-state index in [9.17, 15) is 13.6 Å². The summed E-state index contributed by atoms with van der Waals surface area (Å²) in [6.07, 6.45) is 0.441. The standard InChI is InChI=1S/C10H16F2N2O/c1-8(2)3-5-13-9(15)14-6-4-10(11,12)7-14/h1,3-7H2,2H3,(H,13,15). The van der Waals surface area contributed by atoms with Crippen LogP contribution in [0.15, 0.2) is 12.2 Å². The number of alkyl halides is 2. The maximum atomic E-state index is 12.8. The van der Waals surface area contributed by atoms with Crippen LogP contribution >= 0.6 is 0 Å². The van der Waals surface area contributed by atoms with Crippen LogP contribution in [-0.4, -0.2) is 36.5 Å². The van der Waals surface area contributed by atoms with E-state index < -0.39 is 18.5 Å². The Labute approximate surface area is 88.1 Å². The normalized spacial score (nSPS) is 19.0. The van der Waals surface area contributed by atoms with Crippen LogP contribution in [0.1, 0.15) is 19.8 Å². The van der Waals surface area contributed by atoms with E-state index in [1.54, 1.807) is 0 Å². The predicted molar refractivity (Wildman–Crippen MR) is 54.0 cm³/mol. The summed E-state index contributed by atoms with van der Waals surface area (Å²) in [7, 11) is 0. The molecule has 1 N–H and O–H groups in total. The van der Waals surface area contributed by atoms with Gasteiger partial charge in [-0.2, -0.15) is 0 Å². The Morgan fingerprint density at radius 2 is 2.27 bits per heavy atom. The summed E-state index contributed by atoms with van der Waals surface area (Å²) in [5, 5.41) is 2.59. The smallest absolute Gasteiger partial charge is 0.317 e. The molecule has 1 heterocycles. The number of amides is 2. The third-order valence-electron chi connectivity index (χ3n) is 2.28. The van der Waals surface area contributed by atoms with Gasteiger partial charge in [0.1, 0.15) is 0 Å². The molecule has 3 nitrogen and oxygen atoms in total. The molecule has 0 bridgehead atoms. The molecule has 2 amide bonds. The van der Waals surface area contributed by atoms with Crippen LogP contribution in [0.5, 0.6) is 0 Å². The lowest BCUT2D eigenvalue weighted by Gasteiger charge is -2.16. The van der Waals surface area contributed by atoms with Crippen LogP contribution in [-0.2, 0) is 0 Å². The minimum atomic E-state index is -2.72. The molecule has 1 rings (SSSR count). The molecule has 15 heavy (non-hydrogen) atoms. The van der Waals surface area contributed by atoms with Gasteiger partial charge in [-0.05, 0) is 13.3 Å². The molecule has 0 aromatic heterocycles. The molecular formula is C10H16F2N2O. The summed E-state index contributed by atoms with van der Waals surface area (Å²) in [6.45, 7) is 5.66. The maximum absolute atomic E-state index is 12.8. The fourth-order valence-electron chi connectivity index (χ4n) is 1.40. The van der Waals surface area contributed by atoms with Gasteiger partial charge in [0.15, 0.2) is 0 Å². The number of nitrogens with zero attached hydrogens (tertiary/aromatic N) is 1. The van der Waals surface area contributed by atoms with Crippen molar-refractivity contribution in [3.63, 3.8) is 0 Å². The third-order valence-corrected chi connectivity index (χ3v) is 2.28. The van der Waals surface area contributed by atoms with Gasteiger partial charge < -0.3 is 10.2 Å². The first kappa shape index (κ1) is 11.9. The lowest BCUT2D eigenvalue weighted by atomic mass is 10.2. The second-order valence-corrected chi connectivity index (χ2v) is 3.97. The lowest BCUT2D eigenvalue weighted by molar-refractivity contribution is 0.0154. The topological polar surface area (TPSA) is 32.3 Å². The molecule has 86 valence electrons. The summed E-state index contributed by atoms with van der Waals surface area (Å²) in [5.74, 6) is -2.72. The van der Waals surface area contributed by atoms with E-state index in [2.05, 4.69) is 11.9 Å². The van der Waals surface area contributed by atoms with Gasteiger partial charge >= 0.3 is 6.03 Å². The average molecular weight is 218 g/mol. The fraction of sp³-hybridized carbons (Fsp3) is 0.700. The molecule has 1 saturated heterocycles. The number of halogens is 2. The minimum absolute atomic E-state index is 0.131. The van der Waals surface area contributed by atoms with E-state index in [1.165, 1.54) is 0 Å². The summed E-state index contributed by atoms with van der Waals surface area (Å²) >= 11 is 0. The van der Waals surface area contributed by atoms with E-state index in [-0.39, 0.29) is 13.0 Å². The SMILES string of the molecule is C=C(C)CCNC(=O)N1CCC(F)(F)C1. The Balaban J connectivity index is 2.27. The Morgan fingerprint density at radius 3 is 2.73 bits per heavy atom. The van der Waals surface area contributed by atoms with Crippen LogP contribution in [0.4, 0.5) is 13.6 Å². The van der Waals surface area contributed by atoms with Crippen molar-refractivity contribution in [2.45, 2.75) is 25.7 Å². The van der Waals surface area contributed by atoms with E-state index in [1.807, 2.05) is 6.92 Å². The summed E-state index contributed by atoms with van der Waals surface area (Å²) in [6, 6.07) is -0.409. The summed E-state index contributed by atoms with van der Waals surface area (Å²) < 4.78 is 25.5. The van der Waals surface area contributed by atoms with Gasteiger partial charge in [-0.3, -0.25) is 0 Å². The van der Waals surface area contributed by atoms with Crippen LogP contribution in [0.2, 0.25) is 0 Å². The zero-order valence-electron chi connectivity index (χ0n) is 8.85. The number of carbonyl (C=O) groups is 1. The first-order chi connectivity index (χ1) is 6.91. The van der Waals surface area contributed by atoms with Crippen molar-refractivity contribution in [1.82, 2.24) is 10.2 Å². The van der Waals surface area contributed by atoms with Crippen molar-refractivity contribution < 1.29 is 13.6 Å². The zero-order valence-corrected chi connectivity index (χ0v) is 8.85. The fourth-order valence-corrected chi connectivity index (χ4v) is 1.40. The van der Waals surface area contributed by atoms with Crippen molar-refractivity contribution in [3.8, 4) is 0 Å². The van der Waals surface area contributed by atoms with Gasteiger partial charge in [0.2, 0.25) is 0 Å². The number of rotatable bonds is 3. The number of carbonyl (C=O) groups excluding carboxylic acids is 1. The monoisotopic (exact) mass is 218 g/mol. The quantitative estimate of drug-likeness (QED) is 0.722. The second kappa shape index (κ2) is 4.59. The summed E-state index contributed by atoms with van der Waals surface area (Å²) in [4.78, 5) is 12.5. The number of likely N-dealkylation sites (tertiary alicyclic amines) is 1. The Morgan fingerprint density at radius 1 is 1.60 bits per heavy atom. The minimum Gasteiger partial charge on any atom is -0.338 e. The predicted octanol–water partition coefficient (Wildman–Crippen LogP) is 2.00. The molecule has 0 aromatic carbocycles. The van der Waals surface area contributed by atoms with Gasteiger partial charge in [0.25, 0.3) is 5.92 Å². The molecule has 0 aliphatic carbocycles. The van der Waals surface area contributed by atoms with Crippen LogP contribution in [0.3, 0.4) is 0 Å². The number of hydrogen-bond donors (Lipinski definition) is 1. The van der Waals surface area contributed by atoms with Gasteiger partial charge in [-0.1, -0.05) is 5.57 Å². The Bertz CT molecular complexity index is 266. The average Bonchev–Trinajstić information content (AvgIpc) is 2.45. The molecule has 1 aliphatic rings. The Hall–Kier alpha value is -1.13. The third kappa shape index (κ3) is 3.85. The van der Waals surface area contributed by atoms with Crippen LogP contribution in [0, 0.1) is 0 Å². The molecule has 0 spiro atoms. The number of hydrogen-bond acceptors (Lipinski definition) is 1. The van der Waals surface area contributed by atoms with Gasteiger partial charge in [-0.15, -0.1) is 6.58 Å². The van der Waals surface area contributed by atoms with Crippen molar-refractivity contribution in [2.24, 2.45) is 0 Å². The van der Waals surface area contributed by atoms with Gasteiger partial charge in [0, 0.05) is 19.5 Å². The van der Waals surface area contributed by atoms with Crippen molar-refractivity contribution in [3.05, 3.63) is 12.2 Å². The highest BCUT2D eigenvalue weighted by Gasteiger charge is 2.40. The highest BCUT2D eigenvalue weighted by Crippen LogP contribution is 2.26. The first-order valence-electron chi connectivity index (χ1n) is 4.96.